The van der Waals surface area contributed by atoms with E-state index in [-0.39, 0.29) is 29.5 Å². The monoisotopic (exact) mass is 380 g/mol. The molecule has 140 valence electrons. The van der Waals surface area contributed by atoms with Gasteiger partial charge >= 0.3 is 5.97 Å². The molecule has 0 saturated carbocycles. The van der Waals surface area contributed by atoms with Crippen LogP contribution < -0.4 is 18.9 Å². The Balaban J connectivity index is 2.02. The van der Waals surface area contributed by atoms with E-state index in [1.54, 1.807) is 6.92 Å². The van der Waals surface area contributed by atoms with Gasteiger partial charge in [-0.15, -0.1) is 0 Å². The van der Waals surface area contributed by atoms with Crippen molar-refractivity contribution in [2.24, 2.45) is 0 Å². The van der Waals surface area contributed by atoms with Gasteiger partial charge in [-0.25, -0.2) is 4.79 Å². The highest BCUT2D eigenvalue weighted by molar-refractivity contribution is 6.32. The molecule has 2 aromatic carbocycles. The van der Waals surface area contributed by atoms with Crippen molar-refractivity contribution in [2.45, 2.75) is 13.8 Å². The van der Waals surface area contributed by atoms with Crippen molar-refractivity contribution in [2.75, 3.05) is 26.4 Å². The van der Waals surface area contributed by atoms with E-state index in [1.165, 1.54) is 12.1 Å². The molecule has 7 heteroatoms. The molecule has 1 N–H and O–H groups in total. The molecule has 0 aliphatic heterocycles. The molecule has 0 heterocycles. The number of ether oxygens (including phenoxy) is 4. The second-order valence-corrected chi connectivity index (χ2v) is 5.51. The van der Waals surface area contributed by atoms with Crippen LogP contribution in [0.4, 0.5) is 0 Å². The number of benzene rings is 2. The Morgan fingerprint density at radius 1 is 0.923 bits per heavy atom. The third-order valence-electron chi connectivity index (χ3n) is 3.29. The number of hydrogen-bond donors (Lipinski definition) is 1. The van der Waals surface area contributed by atoms with Gasteiger partial charge in [0.1, 0.15) is 13.2 Å². The zero-order valence-electron chi connectivity index (χ0n) is 14.7. The molecule has 6 nitrogen and oxygen atoms in total. The molecule has 0 bridgehead atoms. The number of carbonyl (C=O) groups is 1. The topological polar surface area (TPSA) is 74.2 Å². The van der Waals surface area contributed by atoms with Crippen LogP contribution >= 0.6 is 11.6 Å². The summed E-state index contributed by atoms with van der Waals surface area (Å²) >= 11 is 6.15. The molecule has 2 aromatic rings. The van der Waals surface area contributed by atoms with Crippen LogP contribution in [0.25, 0.3) is 0 Å². The lowest BCUT2D eigenvalue weighted by molar-refractivity contribution is 0.0696. The summed E-state index contributed by atoms with van der Waals surface area (Å²) in [4.78, 5) is 11.1. The number of hydrogen-bond acceptors (Lipinski definition) is 5. The number of halogens is 1. The van der Waals surface area contributed by atoms with Crippen LogP contribution in [-0.2, 0) is 0 Å². The van der Waals surface area contributed by atoms with Gasteiger partial charge in [0.15, 0.2) is 23.0 Å². The molecular formula is C19H21ClO6. The fourth-order valence-corrected chi connectivity index (χ4v) is 2.50. The molecular weight excluding hydrogens is 360 g/mol. The van der Waals surface area contributed by atoms with Gasteiger partial charge < -0.3 is 24.1 Å². The van der Waals surface area contributed by atoms with Crippen LogP contribution in [0.3, 0.4) is 0 Å². The van der Waals surface area contributed by atoms with E-state index >= 15 is 0 Å². The first-order chi connectivity index (χ1) is 12.6. The van der Waals surface area contributed by atoms with Gasteiger partial charge in [-0.1, -0.05) is 23.7 Å². The van der Waals surface area contributed by atoms with E-state index < -0.39 is 5.97 Å². The first-order valence-corrected chi connectivity index (χ1v) is 8.61. The molecule has 0 atom stereocenters. The molecule has 26 heavy (non-hydrogen) atoms. The van der Waals surface area contributed by atoms with Gasteiger partial charge in [-0.05, 0) is 38.1 Å². The lowest BCUT2D eigenvalue weighted by Crippen LogP contribution is -2.11. The van der Waals surface area contributed by atoms with Crippen molar-refractivity contribution in [1.29, 1.82) is 0 Å². The molecule has 2 rings (SSSR count). The lowest BCUT2D eigenvalue weighted by Gasteiger charge is -2.15. The first kappa shape index (κ1) is 19.7. The molecule has 0 fully saturated rings. The van der Waals surface area contributed by atoms with Crippen molar-refractivity contribution >= 4 is 17.6 Å². The van der Waals surface area contributed by atoms with Gasteiger partial charge in [0, 0.05) is 0 Å². The summed E-state index contributed by atoms with van der Waals surface area (Å²) in [5.74, 6) is 0.770. The van der Waals surface area contributed by atoms with Crippen LogP contribution in [-0.4, -0.2) is 37.5 Å². The first-order valence-electron chi connectivity index (χ1n) is 8.23. The van der Waals surface area contributed by atoms with Crippen molar-refractivity contribution in [3.05, 3.63) is 47.0 Å². The minimum Gasteiger partial charge on any atom is -0.490 e. The Morgan fingerprint density at radius 2 is 1.50 bits per heavy atom. The van der Waals surface area contributed by atoms with Crippen molar-refractivity contribution in [3.8, 4) is 23.0 Å². The Labute approximate surface area is 157 Å². The van der Waals surface area contributed by atoms with Gasteiger partial charge in [-0.2, -0.15) is 0 Å². The molecule has 0 aromatic heterocycles. The second-order valence-electron chi connectivity index (χ2n) is 5.10. The molecule has 0 aliphatic carbocycles. The highest BCUT2D eigenvalue weighted by atomic mass is 35.5. The zero-order chi connectivity index (χ0) is 18.9. The standard InChI is InChI=1S/C19H21ClO6/c1-3-23-15-7-5-6-8-16(15)25-9-10-26-18-14(20)11-13(19(21)22)12-17(18)24-4-2/h5-8,11-12H,3-4,9-10H2,1-2H3,(H,21,22). The van der Waals surface area contributed by atoms with Crippen LogP contribution in [0.5, 0.6) is 23.0 Å². The molecule has 0 amide bonds. The summed E-state index contributed by atoms with van der Waals surface area (Å²) in [7, 11) is 0. The van der Waals surface area contributed by atoms with Crippen LogP contribution in [0, 0.1) is 0 Å². The normalized spacial score (nSPS) is 10.3. The van der Waals surface area contributed by atoms with Gasteiger partial charge in [-0.3, -0.25) is 0 Å². The average molecular weight is 381 g/mol. The van der Waals surface area contributed by atoms with Gasteiger partial charge in [0.2, 0.25) is 0 Å². The number of carboxylic acids is 1. The second kappa shape index (κ2) is 9.77. The Hall–Kier alpha value is -2.60. The summed E-state index contributed by atoms with van der Waals surface area (Å²) in [5.41, 5.74) is 0.0349. The third-order valence-corrected chi connectivity index (χ3v) is 3.57. The van der Waals surface area contributed by atoms with E-state index in [1.807, 2.05) is 31.2 Å². The predicted octanol–water partition coefficient (Wildman–Crippen LogP) is 4.29. The number of carboxylic acid groups (broad SMARTS) is 1. The summed E-state index contributed by atoms with van der Waals surface area (Å²) in [6.07, 6.45) is 0. The van der Waals surface area contributed by atoms with Gasteiger partial charge in [0.25, 0.3) is 0 Å². The van der Waals surface area contributed by atoms with E-state index in [4.69, 9.17) is 35.7 Å². The van der Waals surface area contributed by atoms with Crippen molar-refractivity contribution < 1.29 is 28.8 Å². The zero-order valence-corrected chi connectivity index (χ0v) is 15.4. The van der Waals surface area contributed by atoms with Crippen molar-refractivity contribution in [3.63, 3.8) is 0 Å². The summed E-state index contributed by atoms with van der Waals surface area (Å²) in [6.45, 7) is 5.05. The highest BCUT2D eigenvalue weighted by Gasteiger charge is 2.16. The lowest BCUT2D eigenvalue weighted by atomic mass is 10.2. The largest absolute Gasteiger partial charge is 0.490 e. The molecule has 0 spiro atoms. The maximum atomic E-state index is 11.1. The van der Waals surface area contributed by atoms with Crippen LogP contribution in [0.1, 0.15) is 24.2 Å². The third kappa shape index (κ3) is 5.20. The quantitative estimate of drug-likeness (QED) is 0.619. The van der Waals surface area contributed by atoms with E-state index in [2.05, 4.69) is 0 Å². The summed E-state index contributed by atoms with van der Waals surface area (Å²) < 4.78 is 22.3. The minimum absolute atomic E-state index is 0.0349. The summed E-state index contributed by atoms with van der Waals surface area (Å²) in [5, 5.41) is 9.29. The molecule has 0 unspecified atom stereocenters. The predicted molar refractivity (Wildman–Crippen MR) is 98.2 cm³/mol. The van der Waals surface area contributed by atoms with E-state index in [0.717, 1.165) is 0 Å². The van der Waals surface area contributed by atoms with E-state index in [0.29, 0.717) is 30.5 Å². The fourth-order valence-electron chi connectivity index (χ4n) is 2.23. The van der Waals surface area contributed by atoms with Crippen LogP contribution in [0.15, 0.2) is 36.4 Å². The van der Waals surface area contributed by atoms with Crippen LogP contribution in [0.2, 0.25) is 5.02 Å². The Bertz CT molecular complexity index is 747. The minimum atomic E-state index is -1.09. The Kier molecular flexibility index (Phi) is 7.41. The molecule has 0 radical (unpaired) electrons. The summed E-state index contributed by atoms with van der Waals surface area (Å²) in [6, 6.07) is 10.1. The number of rotatable bonds is 10. The fraction of sp³-hybridized carbons (Fsp3) is 0.316. The number of para-hydroxylation sites is 2. The molecule has 0 aliphatic rings. The average Bonchev–Trinajstić information content (AvgIpc) is 2.61. The smallest absolute Gasteiger partial charge is 0.335 e. The maximum Gasteiger partial charge on any atom is 0.335 e. The van der Waals surface area contributed by atoms with E-state index in [9.17, 15) is 4.79 Å². The highest BCUT2D eigenvalue weighted by Crippen LogP contribution is 2.36. The number of aromatic carboxylic acids is 1. The maximum absolute atomic E-state index is 11.1. The molecule has 0 saturated heterocycles. The SMILES string of the molecule is CCOc1ccccc1OCCOc1c(Cl)cc(C(=O)O)cc1OCC. The van der Waals surface area contributed by atoms with Gasteiger partial charge in [0.05, 0.1) is 23.8 Å². The van der Waals surface area contributed by atoms with Crippen molar-refractivity contribution in [1.82, 2.24) is 0 Å². The Morgan fingerprint density at radius 3 is 2.12 bits per heavy atom.